The van der Waals surface area contributed by atoms with Crippen molar-refractivity contribution in [3.63, 3.8) is 0 Å². The van der Waals surface area contributed by atoms with E-state index in [9.17, 15) is 19.1 Å². The summed E-state index contributed by atoms with van der Waals surface area (Å²) in [5.41, 5.74) is 0.708. The van der Waals surface area contributed by atoms with Gasteiger partial charge in [-0.1, -0.05) is 42.5 Å². The Labute approximate surface area is 126 Å². The van der Waals surface area contributed by atoms with Crippen LogP contribution in [-0.4, -0.2) is 18.0 Å². The quantitative estimate of drug-likeness (QED) is 0.873. The summed E-state index contributed by atoms with van der Waals surface area (Å²) in [4.78, 5) is 22.9. The highest BCUT2D eigenvalue weighted by Crippen LogP contribution is 2.12. The molecule has 0 unspecified atom stereocenters. The van der Waals surface area contributed by atoms with Gasteiger partial charge in [-0.25, -0.2) is 9.18 Å². The van der Waals surface area contributed by atoms with Crippen LogP contribution in [0.1, 0.15) is 5.56 Å². The van der Waals surface area contributed by atoms with Gasteiger partial charge in [-0.3, -0.25) is 0 Å². The molecule has 22 heavy (non-hydrogen) atoms. The highest BCUT2D eigenvalue weighted by molar-refractivity contribution is 5.92. The van der Waals surface area contributed by atoms with E-state index in [1.54, 1.807) is 36.4 Å². The predicted molar refractivity (Wildman–Crippen MR) is 77.5 cm³/mol. The monoisotopic (exact) mass is 301 g/mol. The van der Waals surface area contributed by atoms with E-state index in [2.05, 4.69) is 10.6 Å². The standard InChI is InChI=1S/C16H15FN2O3/c17-12-8-4-5-9-13(12)18-16(22)19-14(15(20)21)10-11-6-2-1-3-7-11/h1-9,14H,10H2,(H,20,21)(H2,18,19,22)/p-1/t14-/m0/s1. The van der Waals surface area contributed by atoms with E-state index >= 15 is 0 Å². The maximum absolute atomic E-state index is 13.4. The lowest BCUT2D eigenvalue weighted by molar-refractivity contribution is -0.308. The first kappa shape index (κ1) is 15.5. The largest absolute Gasteiger partial charge is 0.548 e. The van der Waals surface area contributed by atoms with E-state index in [0.29, 0.717) is 0 Å². The maximum Gasteiger partial charge on any atom is 0.319 e. The average Bonchev–Trinajstić information content (AvgIpc) is 2.50. The SMILES string of the molecule is O=C(Nc1ccccc1F)N[C@@H](Cc1ccccc1)C(=O)[O-]. The molecule has 0 radical (unpaired) electrons. The van der Waals surface area contributed by atoms with E-state index in [-0.39, 0.29) is 12.1 Å². The second-order valence-corrected chi connectivity index (χ2v) is 4.64. The second-order valence-electron chi connectivity index (χ2n) is 4.64. The van der Waals surface area contributed by atoms with Gasteiger partial charge in [-0.15, -0.1) is 0 Å². The summed E-state index contributed by atoms with van der Waals surface area (Å²) in [6.45, 7) is 0. The van der Waals surface area contributed by atoms with Crippen LogP contribution in [0.2, 0.25) is 0 Å². The number of urea groups is 1. The number of aliphatic carboxylic acids is 1. The Morgan fingerprint density at radius 2 is 1.68 bits per heavy atom. The zero-order chi connectivity index (χ0) is 15.9. The highest BCUT2D eigenvalue weighted by Gasteiger charge is 2.15. The topological polar surface area (TPSA) is 81.3 Å². The summed E-state index contributed by atoms with van der Waals surface area (Å²) in [6, 6.07) is 12.4. The summed E-state index contributed by atoms with van der Waals surface area (Å²) in [5, 5.41) is 15.7. The fraction of sp³-hybridized carbons (Fsp3) is 0.125. The van der Waals surface area contributed by atoms with E-state index < -0.39 is 23.9 Å². The van der Waals surface area contributed by atoms with Crippen molar-refractivity contribution in [1.29, 1.82) is 0 Å². The van der Waals surface area contributed by atoms with E-state index in [4.69, 9.17) is 0 Å². The molecule has 0 heterocycles. The maximum atomic E-state index is 13.4. The molecular formula is C16H14FN2O3-. The number of carboxylic acids is 1. The third kappa shape index (κ3) is 4.31. The molecular weight excluding hydrogens is 287 g/mol. The molecule has 2 aromatic rings. The van der Waals surface area contributed by atoms with Crippen LogP contribution in [0.3, 0.4) is 0 Å². The first-order chi connectivity index (χ1) is 10.6. The van der Waals surface area contributed by atoms with Gasteiger partial charge in [0.15, 0.2) is 0 Å². The molecule has 0 aliphatic heterocycles. The van der Waals surface area contributed by atoms with Gasteiger partial charge in [-0.05, 0) is 24.1 Å². The van der Waals surface area contributed by atoms with E-state index in [0.717, 1.165) is 5.56 Å². The van der Waals surface area contributed by atoms with Crippen molar-refractivity contribution in [2.45, 2.75) is 12.5 Å². The fourth-order valence-electron chi connectivity index (χ4n) is 1.92. The number of halogens is 1. The van der Waals surface area contributed by atoms with Crippen molar-refractivity contribution in [3.8, 4) is 0 Å². The van der Waals surface area contributed by atoms with Crippen LogP contribution in [-0.2, 0) is 11.2 Å². The molecule has 2 amide bonds. The smallest absolute Gasteiger partial charge is 0.319 e. The van der Waals surface area contributed by atoms with Gasteiger partial charge in [0, 0.05) is 0 Å². The number of amides is 2. The van der Waals surface area contributed by atoms with E-state index in [1.165, 1.54) is 18.2 Å². The molecule has 0 spiro atoms. The molecule has 0 bridgehead atoms. The number of benzene rings is 2. The Bertz CT molecular complexity index is 661. The van der Waals surface area contributed by atoms with Crippen molar-refractivity contribution in [3.05, 3.63) is 66.0 Å². The number of hydrogen-bond donors (Lipinski definition) is 2. The molecule has 2 N–H and O–H groups in total. The number of nitrogens with one attached hydrogen (secondary N) is 2. The number of rotatable bonds is 5. The summed E-state index contributed by atoms with van der Waals surface area (Å²) in [5.74, 6) is -2.02. The number of carbonyl (C=O) groups is 2. The summed E-state index contributed by atoms with van der Waals surface area (Å²) >= 11 is 0. The average molecular weight is 301 g/mol. The second kappa shape index (κ2) is 7.21. The van der Waals surface area contributed by atoms with Crippen LogP contribution >= 0.6 is 0 Å². The van der Waals surface area contributed by atoms with Crippen LogP contribution in [0.5, 0.6) is 0 Å². The fourth-order valence-corrected chi connectivity index (χ4v) is 1.92. The Kier molecular flexibility index (Phi) is 5.08. The zero-order valence-electron chi connectivity index (χ0n) is 11.6. The third-order valence-electron chi connectivity index (χ3n) is 2.99. The van der Waals surface area contributed by atoms with Crippen molar-refractivity contribution in [1.82, 2.24) is 5.32 Å². The number of carbonyl (C=O) groups excluding carboxylic acids is 2. The number of hydrogen-bond acceptors (Lipinski definition) is 3. The molecule has 0 aromatic heterocycles. The van der Waals surface area contributed by atoms with Crippen molar-refractivity contribution in [2.24, 2.45) is 0 Å². The molecule has 2 rings (SSSR count). The highest BCUT2D eigenvalue weighted by atomic mass is 19.1. The predicted octanol–water partition coefficient (Wildman–Crippen LogP) is 1.31. The van der Waals surface area contributed by atoms with Crippen molar-refractivity contribution >= 4 is 17.7 Å². The van der Waals surface area contributed by atoms with Gasteiger partial charge in [0.1, 0.15) is 5.82 Å². The number of carboxylic acid groups (broad SMARTS) is 1. The van der Waals surface area contributed by atoms with Crippen LogP contribution < -0.4 is 15.7 Å². The summed E-state index contributed by atoms with van der Waals surface area (Å²) < 4.78 is 13.4. The molecule has 5 nitrogen and oxygen atoms in total. The lowest BCUT2D eigenvalue weighted by Crippen LogP contribution is -2.50. The van der Waals surface area contributed by atoms with Gasteiger partial charge in [0.2, 0.25) is 0 Å². The van der Waals surface area contributed by atoms with Crippen molar-refractivity contribution < 1.29 is 19.1 Å². The first-order valence-corrected chi connectivity index (χ1v) is 6.63. The summed E-state index contributed by atoms with van der Waals surface area (Å²) in [6.07, 6.45) is 0.0772. The van der Waals surface area contributed by atoms with Crippen LogP contribution in [0.25, 0.3) is 0 Å². The zero-order valence-corrected chi connectivity index (χ0v) is 11.6. The molecule has 0 aliphatic carbocycles. The lowest BCUT2D eigenvalue weighted by Gasteiger charge is -2.20. The third-order valence-corrected chi connectivity index (χ3v) is 2.99. The van der Waals surface area contributed by atoms with Crippen LogP contribution in [0.4, 0.5) is 14.9 Å². The lowest BCUT2D eigenvalue weighted by atomic mass is 10.1. The van der Waals surface area contributed by atoms with Gasteiger partial charge < -0.3 is 20.5 Å². The molecule has 2 aromatic carbocycles. The minimum atomic E-state index is -1.41. The minimum absolute atomic E-state index is 0.0307. The van der Waals surface area contributed by atoms with Crippen molar-refractivity contribution in [2.75, 3.05) is 5.32 Å². The normalized spacial score (nSPS) is 11.5. The Balaban J connectivity index is 2.00. The van der Waals surface area contributed by atoms with Gasteiger partial charge in [0.25, 0.3) is 0 Å². The molecule has 1 atom stereocenters. The number of anilines is 1. The van der Waals surface area contributed by atoms with Gasteiger partial charge >= 0.3 is 6.03 Å². The minimum Gasteiger partial charge on any atom is -0.548 e. The Morgan fingerprint density at radius 3 is 2.32 bits per heavy atom. The Morgan fingerprint density at radius 1 is 1.05 bits per heavy atom. The Hall–Kier alpha value is -2.89. The number of para-hydroxylation sites is 1. The molecule has 114 valence electrons. The van der Waals surface area contributed by atoms with Gasteiger partial charge in [0.05, 0.1) is 17.7 Å². The molecule has 0 saturated carbocycles. The molecule has 6 heteroatoms. The first-order valence-electron chi connectivity index (χ1n) is 6.63. The summed E-state index contributed by atoms with van der Waals surface area (Å²) in [7, 11) is 0. The van der Waals surface area contributed by atoms with Crippen LogP contribution in [0.15, 0.2) is 54.6 Å². The van der Waals surface area contributed by atoms with Crippen LogP contribution in [0, 0.1) is 5.82 Å². The molecule has 0 saturated heterocycles. The molecule has 0 fully saturated rings. The van der Waals surface area contributed by atoms with Gasteiger partial charge in [-0.2, -0.15) is 0 Å². The molecule has 0 aliphatic rings. The van der Waals surface area contributed by atoms with E-state index in [1.807, 2.05) is 0 Å².